The van der Waals surface area contributed by atoms with Crippen LogP contribution in [0.15, 0.2) is 42.9 Å². The van der Waals surface area contributed by atoms with Gasteiger partial charge >= 0.3 is 0 Å². The van der Waals surface area contributed by atoms with E-state index in [4.69, 9.17) is 0 Å². The van der Waals surface area contributed by atoms with Crippen LogP contribution in [0.5, 0.6) is 0 Å². The molecule has 0 aromatic carbocycles. The second kappa shape index (κ2) is 6.07. The average Bonchev–Trinajstić information content (AvgIpc) is 3.20. The van der Waals surface area contributed by atoms with Crippen LogP contribution in [0.25, 0.3) is 0 Å². The average molecular weight is 358 g/mol. The van der Waals surface area contributed by atoms with E-state index in [0.29, 0.717) is 13.1 Å². The van der Waals surface area contributed by atoms with Gasteiger partial charge in [0.15, 0.2) is 0 Å². The van der Waals surface area contributed by atoms with Crippen molar-refractivity contribution in [3.63, 3.8) is 0 Å². The molecule has 0 bridgehead atoms. The molecule has 0 radical (unpaired) electrons. The summed E-state index contributed by atoms with van der Waals surface area (Å²) in [5.41, 5.74) is 3.08. The Hall–Kier alpha value is -1.99. The van der Waals surface area contributed by atoms with Gasteiger partial charge in [0.05, 0.1) is 17.1 Å². The van der Waals surface area contributed by atoms with Crippen molar-refractivity contribution in [2.45, 2.75) is 25.3 Å². The molecule has 2 aliphatic heterocycles. The molecule has 1 spiro atoms. The summed E-state index contributed by atoms with van der Waals surface area (Å²) in [6, 6.07) is 8.04. The lowest BCUT2D eigenvalue weighted by molar-refractivity contribution is 0.425. The van der Waals surface area contributed by atoms with Crippen LogP contribution >= 0.6 is 0 Å². The summed E-state index contributed by atoms with van der Waals surface area (Å²) in [5.74, 6) is 0.150. The smallest absolute Gasteiger partial charge is 0.213 e. The summed E-state index contributed by atoms with van der Waals surface area (Å²) in [6.45, 7) is 4.36. The molecule has 25 heavy (non-hydrogen) atoms. The highest BCUT2D eigenvalue weighted by molar-refractivity contribution is 7.89. The van der Waals surface area contributed by atoms with Crippen LogP contribution in [-0.4, -0.2) is 48.1 Å². The molecular weight excluding hydrogens is 336 g/mol. The Balaban J connectivity index is 1.65. The van der Waals surface area contributed by atoms with Crippen molar-refractivity contribution in [1.82, 2.24) is 14.3 Å². The molecule has 132 valence electrons. The Bertz CT molecular complexity index is 872. The highest BCUT2D eigenvalue weighted by Crippen LogP contribution is 2.46. The van der Waals surface area contributed by atoms with Crippen LogP contribution in [0.1, 0.15) is 24.6 Å². The summed E-state index contributed by atoms with van der Waals surface area (Å²) in [5, 5.41) is 0. The quantitative estimate of drug-likeness (QED) is 0.834. The lowest BCUT2D eigenvalue weighted by Crippen LogP contribution is -2.38. The van der Waals surface area contributed by atoms with Crippen molar-refractivity contribution in [2.24, 2.45) is 0 Å². The third-order valence-electron chi connectivity index (χ3n) is 5.30. The Morgan fingerprint density at radius 3 is 2.80 bits per heavy atom. The van der Waals surface area contributed by atoms with E-state index in [1.54, 1.807) is 17.4 Å². The number of aromatic nitrogens is 2. The van der Waals surface area contributed by atoms with Crippen molar-refractivity contribution in [1.29, 1.82) is 0 Å². The van der Waals surface area contributed by atoms with E-state index in [1.807, 2.05) is 24.5 Å². The predicted molar refractivity (Wildman–Crippen MR) is 96.9 cm³/mol. The van der Waals surface area contributed by atoms with Crippen molar-refractivity contribution >= 4 is 15.7 Å². The zero-order chi connectivity index (χ0) is 17.5. The van der Waals surface area contributed by atoms with Gasteiger partial charge in [-0.05, 0) is 37.1 Å². The van der Waals surface area contributed by atoms with E-state index in [9.17, 15) is 8.42 Å². The van der Waals surface area contributed by atoms with E-state index in [1.165, 1.54) is 0 Å². The van der Waals surface area contributed by atoms with Gasteiger partial charge in [0.25, 0.3) is 0 Å². The molecule has 1 atom stereocenters. The zero-order valence-corrected chi connectivity index (χ0v) is 15.1. The molecule has 4 heterocycles. The van der Waals surface area contributed by atoms with E-state index in [-0.39, 0.29) is 11.2 Å². The van der Waals surface area contributed by atoms with Crippen LogP contribution in [0.4, 0.5) is 5.69 Å². The summed E-state index contributed by atoms with van der Waals surface area (Å²) >= 11 is 0. The number of pyridine rings is 2. The number of hydrogen-bond donors (Lipinski definition) is 0. The summed E-state index contributed by atoms with van der Waals surface area (Å²) in [4.78, 5) is 11.2. The van der Waals surface area contributed by atoms with Crippen molar-refractivity contribution in [3.8, 4) is 0 Å². The maximum absolute atomic E-state index is 12.3. The molecule has 2 aromatic rings. The van der Waals surface area contributed by atoms with Gasteiger partial charge in [0.1, 0.15) is 0 Å². The maximum atomic E-state index is 12.3. The molecular formula is C18H22N4O2S. The van der Waals surface area contributed by atoms with E-state index in [0.717, 1.165) is 36.5 Å². The van der Waals surface area contributed by atoms with Crippen LogP contribution in [-0.2, 0) is 22.0 Å². The highest BCUT2D eigenvalue weighted by Gasteiger charge is 2.50. The van der Waals surface area contributed by atoms with E-state index in [2.05, 4.69) is 27.0 Å². The first-order valence-electron chi connectivity index (χ1n) is 8.61. The molecule has 1 saturated heterocycles. The molecule has 1 fully saturated rings. The van der Waals surface area contributed by atoms with Gasteiger partial charge in [-0.25, -0.2) is 12.7 Å². The van der Waals surface area contributed by atoms with Gasteiger partial charge in [-0.2, -0.15) is 0 Å². The number of rotatable bonds is 4. The largest absolute Gasteiger partial charge is 0.365 e. The second-order valence-electron chi connectivity index (χ2n) is 6.85. The fourth-order valence-electron chi connectivity index (χ4n) is 4.02. The molecule has 4 rings (SSSR count). The molecule has 0 N–H and O–H groups in total. The lowest BCUT2D eigenvalue weighted by atomic mass is 9.85. The Morgan fingerprint density at radius 2 is 2.04 bits per heavy atom. The van der Waals surface area contributed by atoms with Gasteiger partial charge in [-0.3, -0.25) is 9.97 Å². The lowest BCUT2D eigenvalue weighted by Gasteiger charge is -2.25. The second-order valence-corrected chi connectivity index (χ2v) is 9.11. The number of nitrogens with zero attached hydrogens (tertiary/aromatic N) is 4. The Kier molecular flexibility index (Phi) is 4.00. The maximum Gasteiger partial charge on any atom is 0.213 e. The summed E-state index contributed by atoms with van der Waals surface area (Å²) < 4.78 is 26.3. The van der Waals surface area contributed by atoms with Crippen molar-refractivity contribution in [2.75, 3.05) is 30.3 Å². The third-order valence-corrected chi connectivity index (χ3v) is 7.12. The fraction of sp³-hybridized carbons (Fsp3) is 0.444. The van der Waals surface area contributed by atoms with Gasteiger partial charge in [-0.15, -0.1) is 0 Å². The van der Waals surface area contributed by atoms with Gasteiger partial charge in [-0.1, -0.05) is 6.07 Å². The molecule has 0 unspecified atom stereocenters. The summed E-state index contributed by atoms with van der Waals surface area (Å²) in [7, 11) is -3.16. The molecule has 6 nitrogen and oxygen atoms in total. The first-order chi connectivity index (χ1) is 12.0. The van der Waals surface area contributed by atoms with Crippen LogP contribution in [0, 0.1) is 0 Å². The monoisotopic (exact) mass is 358 g/mol. The standard InChI is InChI=1S/C18H22N4O2S/c1-2-25(23,24)22-10-7-18(14-22)13-21(12-15-5-3-8-19-11-15)16-6-4-9-20-17(16)18/h3-6,8-9,11H,2,7,10,12-14H2,1H3/t18-/m0/s1. The summed E-state index contributed by atoms with van der Waals surface area (Å²) in [6.07, 6.45) is 6.28. The number of sulfonamides is 1. The van der Waals surface area contributed by atoms with Gasteiger partial charge in [0, 0.05) is 50.2 Å². The first-order valence-corrected chi connectivity index (χ1v) is 10.2. The molecule has 7 heteroatoms. The van der Waals surface area contributed by atoms with Crippen LogP contribution < -0.4 is 4.90 Å². The minimum atomic E-state index is -3.16. The predicted octanol–water partition coefficient (Wildman–Crippen LogP) is 1.79. The van der Waals surface area contributed by atoms with Crippen molar-refractivity contribution < 1.29 is 8.42 Å². The van der Waals surface area contributed by atoms with Gasteiger partial charge in [0.2, 0.25) is 10.0 Å². The normalized spacial score (nSPS) is 23.3. The Labute approximate surface area is 148 Å². The van der Waals surface area contributed by atoms with E-state index >= 15 is 0 Å². The van der Waals surface area contributed by atoms with E-state index < -0.39 is 10.0 Å². The topological polar surface area (TPSA) is 66.4 Å². The molecule has 0 aliphatic carbocycles. The fourth-order valence-corrected chi connectivity index (χ4v) is 5.19. The van der Waals surface area contributed by atoms with Gasteiger partial charge < -0.3 is 4.90 Å². The molecule has 0 saturated carbocycles. The molecule has 2 aliphatic rings. The zero-order valence-electron chi connectivity index (χ0n) is 14.3. The SMILES string of the molecule is CCS(=O)(=O)N1CC[C@]2(CN(Cc3cccnc3)c3cccnc32)C1. The van der Waals surface area contributed by atoms with Crippen molar-refractivity contribution in [3.05, 3.63) is 54.1 Å². The molecule has 0 amide bonds. The number of fused-ring (bicyclic) bond motifs is 2. The third kappa shape index (κ3) is 2.81. The first kappa shape index (κ1) is 16.5. The minimum Gasteiger partial charge on any atom is -0.365 e. The minimum absolute atomic E-state index is 0.150. The highest BCUT2D eigenvalue weighted by atomic mass is 32.2. The van der Waals surface area contributed by atoms with Crippen LogP contribution in [0.2, 0.25) is 0 Å². The molecule has 2 aromatic heterocycles. The number of hydrogen-bond acceptors (Lipinski definition) is 5. The Morgan fingerprint density at radius 1 is 1.20 bits per heavy atom. The number of anilines is 1. The van der Waals surface area contributed by atoms with Crippen LogP contribution in [0.3, 0.4) is 0 Å².